The fraction of sp³-hybridized carbons (Fsp3) is 0.500. The first-order valence-corrected chi connectivity index (χ1v) is 10.1. The van der Waals surface area contributed by atoms with Crippen LogP contribution in [-0.4, -0.2) is 46.3 Å². The van der Waals surface area contributed by atoms with E-state index in [-0.39, 0.29) is 17.5 Å². The number of piperidine rings is 1. The molecule has 0 unspecified atom stereocenters. The Morgan fingerprint density at radius 3 is 3.23 bits per heavy atom. The maximum atomic E-state index is 12.4. The molecule has 0 saturated carbocycles. The lowest BCUT2D eigenvalue weighted by Gasteiger charge is -2.32. The number of urea groups is 1. The van der Waals surface area contributed by atoms with Crippen molar-refractivity contribution in [3.8, 4) is 0 Å². The van der Waals surface area contributed by atoms with Crippen molar-refractivity contribution in [2.45, 2.75) is 30.9 Å². The van der Waals surface area contributed by atoms with E-state index in [1.807, 2.05) is 17.0 Å². The summed E-state index contributed by atoms with van der Waals surface area (Å²) in [6.45, 7) is 2.02. The van der Waals surface area contributed by atoms with Crippen molar-refractivity contribution in [3.63, 3.8) is 0 Å². The number of furan rings is 1. The normalized spacial score (nSPS) is 17.2. The Labute approximate surface area is 156 Å². The lowest BCUT2D eigenvalue weighted by Crippen LogP contribution is -2.45. The van der Waals surface area contributed by atoms with Crippen LogP contribution in [0.2, 0.25) is 0 Å². The quantitative estimate of drug-likeness (QED) is 0.725. The smallest absolute Gasteiger partial charge is 0.317 e. The molecular formula is C18H24N4O3S. The number of nitrogens with zero attached hydrogens (tertiary/aromatic N) is 2. The Hall–Kier alpha value is -2.22. The summed E-state index contributed by atoms with van der Waals surface area (Å²) >= 11 is 1.80. The molecule has 2 aromatic rings. The number of thioether (sulfide) groups is 1. The Kier molecular flexibility index (Phi) is 6.76. The number of amides is 2. The van der Waals surface area contributed by atoms with Gasteiger partial charge in [-0.05, 0) is 37.1 Å². The number of rotatable bonds is 7. The number of carbonyl (C=O) groups excluding carboxylic acids is 1. The van der Waals surface area contributed by atoms with Crippen molar-refractivity contribution in [2.75, 3.05) is 25.4 Å². The highest BCUT2D eigenvalue weighted by Crippen LogP contribution is 2.24. The summed E-state index contributed by atoms with van der Waals surface area (Å²) in [5.74, 6) is 2.94. The summed E-state index contributed by atoms with van der Waals surface area (Å²) in [6.07, 6.45) is 5.90. The molecule has 2 N–H and O–H groups in total. The molecule has 1 aliphatic rings. The van der Waals surface area contributed by atoms with Crippen LogP contribution in [0.1, 0.15) is 36.6 Å². The molecule has 2 aromatic heterocycles. The molecular weight excluding hydrogens is 352 g/mol. The second-order valence-electron chi connectivity index (χ2n) is 6.34. The first kappa shape index (κ1) is 18.6. The van der Waals surface area contributed by atoms with Gasteiger partial charge in [-0.15, -0.1) is 0 Å². The van der Waals surface area contributed by atoms with Gasteiger partial charge in [-0.3, -0.25) is 4.79 Å². The van der Waals surface area contributed by atoms with Crippen LogP contribution in [0, 0.1) is 0 Å². The van der Waals surface area contributed by atoms with E-state index in [9.17, 15) is 9.59 Å². The van der Waals surface area contributed by atoms with E-state index in [0.717, 1.165) is 48.8 Å². The van der Waals surface area contributed by atoms with Crippen LogP contribution in [0.15, 0.2) is 40.0 Å². The van der Waals surface area contributed by atoms with Crippen LogP contribution in [0.5, 0.6) is 0 Å². The van der Waals surface area contributed by atoms with Crippen LogP contribution in [-0.2, 0) is 5.75 Å². The molecule has 2 amide bonds. The molecule has 1 aliphatic heterocycles. The Morgan fingerprint density at radius 2 is 2.42 bits per heavy atom. The van der Waals surface area contributed by atoms with Crippen molar-refractivity contribution in [1.82, 2.24) is 20.2 Å². The molecule has 26 heavy (non-hydrogen) atoms. The third-order valence-corrected chi connectivity index (χ3v) is 5.46. The summed E-state index contributed by atoms with van der Waals surface area (Å²) in [5.41, 5.74) is 0.615. The zero-order valence-electron chi connectivity index (χ0n) is 14.6. The van der Waals surface area contributed by atoms with E-state index in [1.165, 1.54) is 12.4 Å². The molecule has 0 bridgehead atoms. The maximum absolute atomic E-state index is 12.4. The lowest BCUT2D eigenvalue weighted by atomic mass is 9.95. The van der Waals surface area contributed by atoms with E-state index >= 15 is 0 Å². The van der Waals surface area contributed by atoms with Crippen LogP contribution < -0.4 is 10.9 Å². The fourth-order valence-electron chi connectivity index (χ4n) is 3.06. The molecule has 1 fully saturated rings. The van der Waals surface area contributed by atoms with Gasteiger partial charge >= 0.3 is 6.03 Å². The van der Waals surface area contributed by atoms with Gasteiger partial charge in [-0.2, -0.15) is 11.8 Å². The summed E-state index contributed by atoms with van der Waals surface area (Å²) in [7, 11) is 0. The summed E-state index contributed by atoms with van der Waals surface area (Å²) < 4.78 is 5.29. The molecule has 140 valence electrons. The average Bonchev–Trinajstić information content (AvgIpc) is 3.18. The van der Waals surface area contributed by atoms with Gasteiger partial charge in [0, 0.05) is 31.6 Å². The highest BCUT2D eigenvalue weighted by atomic mass is 32.2. The minimum absolute atomic E-state index is 0.0319. The third kappa shape index (κ3) is 5.39. The minimum atomic E-state index is -0.149. The molecule has 0 radical (unpaired) electrons. The largest absolute Gasteiger partial charge is 0.468 e. The first-order chi connectivity index (χ1) is 12.7. The number of likely N-dealkylation sites (tertiary alicyclic amines) is 1. The van der Waals surface area contributed by atoms with Gasteiger partial charge in [0.1, 0.15) is 5.76 Å². The zero-order chi connectivity index (χ0) is 18.2. The molecule has 0 spiro atoms. The van der Waals surface area contributed by atoms with E-state index < -0.39 is 0 Å². The second kappa shape index (κ2) is 9.47. The number of H-pyrrole nitrogens is 1. The average molecular weight is 376 g/mol. The summed E-state index contributed by atoms with van der Waals surface area (Å²) in [4.78, 5) is 32.4. The Balaban J connectivity index is 1.36. The molecule has 7 nitrogen and oxygen atoms in total. The van der Waals surface area contributed by atoms with E-state index in [0.29, 0.717) is 13.1 Å². The van der Waals surface area contributed by atoms with E-state index in [4.69, 9.17) is 4.42 Å². The number of hydrogen-bond acceptors (Lipinski definition) is 5. The molecule has 3 rings (SSSR count). The van der Waals surface area contributed by atoms with Gasteiger partial charge in [0.05, 0.1) is 24.0 Å². The van der Waals surface area contributed by atoms with Gasteiger partial charge in [-0.1, -0.05) is 0 Å². The predicted molar refractivity (Wildman–Crippen MR) is 101 cm³/mol. The second-order valence-corrected chi connectivity index (χ2v) is 7.44. The van der Waals surface area contributed by atoms with E-state index in [1.54, 1.807) is 18.0 Å². The molecule has 1 atom stereocenters. The van der Waals surface area contributed by atoms with Gasteiger partial charge in [0.15, 0.2) is 0 Å². The van der Waals surface area contributed by atoms with Crippen LogP contribution in [0.4, 0.5) is 4.79 Å². The van der Waals surface area contributed by atoms with E-state index in [2.05, 4.69) is 15.3 Å². The van der Waals surface area contributed by atoms with Crippen LogP contribution >= 0.6 is 11.8 Å². The van der Waals surface area contributed by atoms with Gasteiger partial charge in [-0.25, -0.2) is 9.78 Å². The lowest BCUT2D eigenvalue weighted by molar-refractivity contribution is 0.179. The fourth-order valence-corrected chi connectivity index (χ4v) is 3.92. The van der Waals surface area contributed by atoms with Crippen LogP contribution in [0.3, 0.4) is 0 Å². The molecule has 1 saturated heterocycles. The Morgan fingerprint density at radius 1 is 1.50 bits per heavy atom. The monoisotopic (exact) mass is 376 g/mol. The summed E-state index contributed by atoms with van der Waals surface area (Å²) in [6, 6.07) is 5.36. The molecule has 0 aromatic carbocycles. The van der Waals surface area contributed by atoms with Gasteiger partial charge < -0.3 is 19.6 Å². The number of hydrogen-bond donors (Lipinski definition) is 2. The SMILES string of the molecule is O=C(NCCCSCc1ccco1)N1CCC[C@H](c2cc(=O)[nH]cn2)C1. The van der Waals surface area contributed by atoms with Crippen molar-refractivity contribution < 1.29 is 9.21 Å². The topological polar surface area (TPSA) is 91.2 Å². The highest BCUT2D eigenvalue weighted by Gasteiger charge is 2.25. The van der Waals surface area contributed by atoms with Gasteiger partial charge in [0.2, 0.25) is 0 Å². The number of nitrogens with one attached hydrogen (secondary N) is 2. The minimum Gasteiger partial charge on any atom is -0.468 e. The first-order valence-electron chi connectivity index (χ1n) is 8.90. The Bertz CT molecular complexity index is 747. The molecule has 8 heteroatoms. The zero-order valence-corrected chi connectivity index (χ0v) is 15.5. The van der Waals surface area contributed by atoms with Crippen LogP contribution in [0.25, 0.3) is 0 Å². The van der Waals surface area contributed by atoms with Crippen molar-refractivity contribution in [3.05, 3.63) is 52.6 Å². The van der Waals surface area contributed by atoms with Crippen molar-refractivity contribution in [1.29, 1.82) is 0 Å². The predicted octanol–water partition coefficient (Wildman–Crippen LogP) is 2.58. The third-order valence-electron chi connectivity index (χ3n) is 4.39. The molecule has 3 heterocycles. The number of aromatic nitrogens is 2. The number of carbonyl (C=O) groups is 1. The number of aromatic amines is 1. The van der Waals surface area contributed by atoms with Crippen molar-refractivity contribution >= 4 is 17.8 Å². The molecule has 0 aliphatic carbocycles. The maximum Gasteiger partial charge on any atom is 0.317 e. The van der Waals surface area contributed by atoms with Gasteiger partial charge in [0.25, 0.3) is 5.56 Å². The standard InChI is InChI=1S/C18H24N4O3S/c23-17-10-16(20-13-21-17)14-4-1-7-22(11-14)18(24)19-6-3-9-26-12-15-5-2-8-25-15/h2,5,8,10,13-14H,1,3-4,6-7,9,11-12H2,(H,19,24)(H,20,21,23)/t14-/m0/s1. The highest BCUT2D eigenvalue weighted by molar-refractivity contribution is 7.98. The summed E-state index contributed by atoms with van der Waals surface area (Å²) in [5, 5.41) is 2.99. The van der Waals surface area contributed by atoms with Crippen molar-refractivity contribution in [2.24, 2.45) is 0 Å².